The molecule has 1 N–H and O–H groups in total. The summed E-state index contributed by atoms with van der Waals surface area (Å²) in [4.78, 5) is 0. The highest BCUT2D eigenvalue weighted by molar-refractivity contribution is 5.32. The van der Waals surface area contributed by atoms with E-state index in [1.165, 1.54) is 5.56 Å². The van der Waals surface area contributed by atoms with Crippen molar-refractivity contribution < 1.29 is 5.11 Å². The SMILES string of the molecule is Cn1cccc1[C@@H](O)c1ccc(C(C)(C)C)cc1. The first kappa shape index (κ1) is 12.9. The van der Waals surface area contributed by atoms with E-state index in [1.807, 2.05) is 42.1 Å². The van der Waals surface area contributed by atoms with E-state index in [4.69, 9.17) is 0 Å². The molecule has 1 heterocycles. The second-order valence-electron chi connectivity index (χ2n) is 5.82. The highest BCUT2D eigenvalue weighted by Crippen LogP contribution is 2.26. The van der Waals surface area contributed by atoms with Crippen molar-refractivity contribution in [3.63, 3.8) is 0 Å². The van der Waals surface area contributed by atoms with E-state index in [0.717, 1.165) is 11.3 Å². The number of hydrogen-bond acceptors (Lipinski definition) is 1. The average Bonchev–Trinajstić information content (AvgIpc) is 2.73. The molecule has 2 nitrogen and oxygen atoms in total. The zero-order valence-corrected chi connectivity index (χ0v) is 11.5. The highest BCUT2D eigenvalue weighted by Gasteiger charge is 2.16. The summed E-state index contributed by atoms with van der Waals surface area (Å²) in [7, 11) is 1.95. The van der Waals surface area contributed by atoms with Crippen LogP contribution >= 0.6 is 0 Å². The summed E-state index contributed by atoms with van der Waals surface area (Å²) in [5.41, 5.74) is 3.28. The number of hydrogen-bond donors (Lipinski definition) is 1. The molecule has 2 heteroatoms. The fourth-order valence-electron chi connectivity index (χ4n) is 2.09. The first-order chi connectivity index (χ1) is 8.39. The van der Waals surface area contributed by atoms with Crippen molar-refractivity contribution in [1.82, 2.24) is 4.57 Å². The molecule has 18 heavy (non-hydrogen) atoms. The van der Waals surface area contributed by atoms with Crippen LogP contribution in [0.4, 0.5) is 0 Å². The van der Waals surface area contributed by atoms with Gasteiger partial charge in [0.15, 0.2) is 0 Å². The third kappa shape index (κ3) is 2.49. The number of aliphatic hydroxyl groups is 1. The van der Waals surface area contributed by atoms with E-state index in [9.17, 15) is 5.11 Å². The summed E-state index contributed by atoms with van der Waals surface area (Å²) in [6.45, 7) is 6.57. The summed E-state index contributed by atoms with van der Waals surface area (Å²) in [6, 6.07) is 12.1. The van der Waals surface area contributed by atoms with Gasteiger partial charge in [-0.2, -0.15) is 0 Å². The molecule has 1 aromatic carbocycles. The van der Waals surface area contributed by atoms with Crippen LogP contribution in [0.25, 0.3) is 0 Å². The summed E-state index contributed by atoms with van der Waals surface area (Å²) in [5, 5.41) is 10.3. The van der Waals surface area contributed by atoms with Crippen LogP contribution in [0.5, 0.6) is 0 Å². The molecule has 96 valence electrons. The van der Waals surface area contributed by atoms with Crippen LogP contribution in [0.3, 0.4) is 0 Å². The topological polar surface area (TPSA) is 25.2 Å². The quantitative estimate of drug-likeness (QED) is 0.859. The fraction of sp³-hybridized carbons (Fsp3) is 0.375. The molecule has 0 spiro atoms. The van der Waals surface area contributed by atoms with Crippen molar-refractivity contribution in [2.75, 3.05) is 0 Å². The molecule has 1 atom stereocenters. The van der Waals surface area contributed by atoms with Gasteiger partial charge in [-0.1, -0.05) is 45.0 Å². The summed E-state index contributed by atoms with van der Waals surface area (Å²) in [5.74, 6) is 0. The molecule has 0 saturated carbocycles. The molecular weight excluding hydrogens is 222 g/mol. The van der Waals surface area contributed by atoms with Gasteiger partial charge < -0.3 is 9.67 Å². The van der Waals surface area contributed by atoms with Crippen LogP contribution < -0.4 is 0 Å². The average molecular weight is 243 g/mol. The van der Waals surface area contributed by atoms with Crippen molar-refractivity contribution >= 4 is 0 Å². The first-order valence-corrected chi connectivity index (χ1v) is 6.29. The maximum absolute atomic E-state index is 10.3. The van der Waals surface area contributed by atoms with Gasteiger partial charge in [0, 0.05) is 13.2 Å². The van der Waals surface area contributed by atoms with E-state index in [2.05, 4.69) is 32.9 Å². The van der Waals surface area contributed by atoms with Crippen molar-refractivity contribution in [2.45, 2.75) is 32.3 Å². The monoisotopic (exact) mass is 243 g/mol. The van der Waals surface area contributed by atoms with Gasteiger partial charge in [0.25, 0.3) is 0 Å². The van der Waals surface area contributed by atoms with Crippen molar-refractivity contribution in [2.24, 2.45) is 7.05 Å². The molecule has 0 aliphatic carbocycles. The Hall–Kier alpha value is -1.54. The van der Waals surface area contributed by atoms with Gasteiger partial charge in [0.05, 0.1) is 5.69 Å². The van der Waals surface area contributed by atoms with Crippen molar-refractivity contribution in [1.29, 1.82) is 0 Å². The minimum absolute atomic E-state index is 0.147. The predicted molar refractivity (Wildman–Crippen MR) is 74.6 cm³/mol. The van der Waals surface area contributed by atoms with Crippen LogP contribution in [-0.4, -0.2) is 9.67 Å². The van der Waals surface area contributed by atoms with Crippen LogP contribution in [0.1, 0.15) is 43.7 Å². The van der Waals surface area contributed by atoms with Gasteiger partial charge in [-0.3, -0.25) is 0 Å². The minimum Gasteiger partial charge on any atom is -0.382 e. The Morgan fingerprint density at radius 3 is 2.11 bits per heavy atom. The lowest BCUT2D eigenvalue weighted by Gasteiger charge is -2.20. The second-order valence-corrected chi connectivity index (χ2v) is 5.82. The molecule has 0 amide bonds. The van der Waals surface area contributed by atoms with Crippen molar-refractivity contribution in [3.8, 4) is 0 Å². The standard InChI is InChI=1S/C16H21NO/c1-16(2,3)13-9-7-12(8-10-13)15(18)14-6-5-11-17(14)4/h5-11,15,18H,1-4H3/t15-/m0/s1. The largest absolute Gasteiger partial charge is 0.382 e. The third-order valence-corrected chi connectivity index (χ3v) is 3.36. The molecule has 0 aliphatic rings. The summed E-state index contributed by atoms with van der Waals surface area (Å²) in [6.07, 6.45) is 1.39. The Balaban J connectivity index is 2.28. The molecule has 1 aromatic heterocycles. The van der Waals surface area contributed by atoms with Crippen LogP contribution in [0.15, 0.2) is 42.6 Å². The number of rotatable bonds is 2. The fourth-order valence-corrected chi connectivity index (χ4v) is 2.09. The number of aromatic nitrogens is 1. The Bertz CT molecular complexity index is 517. The van der Waals surface area contributed by atoms with Crippen LogP contribution in [0.2, 0.25) is 0 Å². The minimum atomic E-state index is -0.556. The molecule has 0 unspecified atom stereocenters. The lowest BCUT2D eigenvalue weighted by atomic mass is 9.86. The lowest BCUT2D eigenvalue weighted by molar-refractivity contribution is 0.211. The summed E-state index contributed by atoms with van der Waals surface area (Å²) < 4.78 is 1.95. The van der Waals surface area contributed by atoms with Crippen LogP contribution in [0, 0.1) is 0 Å². The van der Waals surface area contributed by atoms with Crippen molar-refractivity contribution in [3.05, 3.63) is 59.4 Å². The maximum Gasteiger partial charge on any atom is 0.119 e. The number of aryl methyl sites for hydroxylation is 1. The van der Waals surface area contributed by atoms with Crippen LogP contribution in [-0.2, 0) is 12.5 Å². The third-order valence-electron chi connectivity index (χ3n) is 3.36. The Morgan fingerprint density at radius 2 is 1.67 bits per heavy atom. The zero-order chi connectivity index (χ0) is 13.3. The molecule has 0 bridgehead atoms. The van der Waals surface area contributed by atoms with E-state index >= 15 is 0 Å². The molecule has 0 aliphatic heterocycles. The maximum atomic E-state index is 10.3. The summed E-state index contributed by atoms with van der Waals surface area (Å²) >= 11 is 0. The van der Waals surface area contributed by atoms with E-state index in [1.54, 1.807) is 0 Å². The molecule has 2 aromatic rings. The molecule has 0 saturated heterocycles. The van der Waals surface area contributed by atoms with E-state index in [0.29, 0.717) is 0 Å². The smallest absolute Gasteiger partial charge is 0.119 e. The van der Waals surface area contributed by atoms with Gasteiger partial charge >= 0.3 is 0 Å². The highest BCUT2D eigenvalue weighted by atomic mass is 16.3. The molecular formula is C16H21NO. The van der Waals surface area contributed by atoms with Gasteiger partial charge in [0.1, 0.15) is 6.10 Å². The lowest BCUT2D eigenvalue weighted by Crippen LogP contribution is -2.11. The van der Waals surface area contributed by atoms with Gasteiger partial charge in [-0.15, -0.1) is 0 Å². The Kier molecular flexibility index (Phi) is 3.31. The number of benzene rings is 1. The Labute approximate surface area is 109 Å². The zero-order valence-electron chi connectivity index (χ0n) is 11.5. The molecule has 0 radical (unpaired) electrons. The number of aliphatic hydroxyl groups excluding tert-OH is 1. The normalized spacial score (nSPS) is 13.6. The van der Waals surface area contributed by atoms with Gasteiger partial charge in [-0.25, -0.2) is 0 Å². The van der Waals surface area contributed by atoms with Gasteiger partial charge in [0.2, 0.25) is 0 Å². The van der Waals surface area contributed by atoms with E-state index < -0.39 is 6.10 Å². The predicted octanol–water partition coefficient (Wildman–Crippen LogP) is 3.40. The van der Waals surface area contributed by atoms with Gasteiger partial charge in [-0.05, 0) is 28.7 Å². The number of nitrogens with zero attached hydrogens (tertiary/aromatic N) is 1. The van der Waals surface area contributed by atoms with E-state index in [-0.39, 0.29) is 5.41 Å². The first-order valence-electron chi connectivity index (χ1n) is 6.29. The molecule has 2 rings (SSSR count). The Morgan fingerprint density at radius 1 is 1.06 bits per heavy atom. The molecule has 0 fully saturated rings. The second kappa shape index (κ2) is 4.62.